The van der Waals surface area contributed by atoms with Crippen molar-refractivity contribution in [3.63, 3.8) is 0 Å². The highest BCUT2D eigenvalue weighted by molar-refractivity contribution is 7.89. The smallest absolute Gasteiger partial charge is 0.241 e. The zero-order chi connectivity index (χ0) is 18.8. The van der Waals surface area contributed by atoms with Crippen molar-refractivity contribution in [1.82, 2.24) is 4.72 Å². The number of methoxy groups -OCH3 is 1. The summed E-state index contributed by atoms with van der Waals surface area (Å²) in [6.07, 6.45) is -0.572. The zero-order valence-corrected chi connectivity index (χ0v) is 16.0. The number of halogens is 1. The van der Waals surface area contributed by atoms with Gasteiger partial charge in [0, 0.05) is 13.7 Å². The van der Waals surface area contributed by atoms with Crippen LogP contribution in [0.25, 0.3) is 0 Å². The third kappa shape index (κ3) is 4.26. The van der Waals surface area contributed by atoms with Crippen LogP contribution in [0, 0.1) is 33.5 Å². The van der Waals surface area contributed by atoms with E-state index < -0.39 is 16.1 Å². The molecule has 0 spiro atoms. The highest BCUT2D eigenvalue weighted by atomic mass is 32.2. The molecule has 4 nitrogen and oxygen atoms in total. The summed E-state index contributed by atoms with van der Waals surface area (Å²) < 4.78 is 47.1. The molecule has 0 radical (unpaired) electrons. The lowest BCUT2D eigenvalue weighted by Gasteiger charge is -2.19. The van der Waals surface area contributed by atoms with Crippen molar-refractivity contribution < 1.29 is 17.5 Å². The number of nitrogens with one attached hydrogen (secondary N) is 1. The minimum absolute atomic E-state index is 0.0220. The molecule has 0 aliphatic heterocycles. The number of rotatable bonds is 6. The van der Waals surface area contributed by atoms with Crippen molar-refractivity contribution in [3.8, 4) is 0 Å². The molecule has 1 N–H and O–H groups in total. The summed E-state index contributed by atoms with van der Waals surface area (Å²) in [5, 5.41) is 0. The van der Waals surface area contributed by atoms with Gasteiger partial charge < -0.3 is 4.74 Å². The van der Waals surface area contributed by atoms with Crippen LogP contribution in [0.3, 0.4) is 0 Å². The van der Waals surface area contributed by atoms with E-state index in [0.717, 1.165) is 22.3 Å². The van der Waals surface area contributed by atoms with Crippen LogP contribution in [0.4, 0.5) is 4.39 Å². The molecule has 0 aromatic heterocycles. The fourth-order valence-electron chi connectivity index (χ4n) is 2.89. The molecule has 0 bridgehead atoms. The second kappa shape index (κ2) is 7.64. The van der Waals surface area contributed by atoms with E-state index in [1.54, 1.807) is 26.0 Å². The van der Waals surface area contributed by atoms with Crippen molar-refractivity contribution in [3.05, 3.63) is 64.0 Å². The first-order valence-corrected chi connectivity index (χ1v) is 9.51. The maximum Gasteiger partial charge on any atom is 0.241 e. The summed E-state index contributed by atoms with van der Waals surface area (Å²) >= 11 is 0. The topological polar surface area (TPSA) is 55.4 Å². The molecule has 6 heteroatoms. The third-order valence-corrected chi connectivity index (χ3v) is 6.23. The molecule has 0 aliphatic carbocycles. The van der Waals surface area contributed by atoms with E-state index in [1.165, 1.54) is 19.2 Å². The first kappa shape index (κ1) is 19.6. The van der Waals surface area contributed by atoms with E-state index in [-0.39, 0.29) is 12.4 Å². The Morgan fingerprint density at radius 2 is 1.68 bits per heavy atom. The molecule has 0 amide bonds. The molecule has 2 rings (SSSR count). The Labute approximate surface area is 149 Å². The van der Waals surface area contributed by atoms with Crippen molar-refractivity contribution in [2.45, 2.75) is 38.7 Å². The van der Waals surface area contributed by atoms with E-state index in [2.05, 4.69) is 4.72 Å². The molecule has 0 fully saturated rings. The first-order chi connectivity index (χ1) is 11.7. The summed E-state index contributed by atoms with van der Waals surface area (Å²) in [7, 11) is -2.24. The number of hydrogen-bond acceptors (Lipinski definition) is 3. The highest BCUT2D eigenvalue weighted by Crippen LogP contribution is 2.26. The van der Waals surface area contributed by atoms with Gasteiger partial charge in [0.15, 0.2) is 0 Å². The fraction of sp³-hybridized carbons (Fsp3) is 0.368. The quantitative estimate of drug-likeness (QED) is 0.849. The monoisotopic (exact) mass is 365 g/mol. The lowest BCUT2D eigenvalue weighted by Crippen LogP contribution is -2.30. The Bertz CT molecular complexity index is 852. The standard InChI is InChI=1S/C19H24FNO3S/c1-12-9-13(2)15(4)19(14(12)3)25(22,23)21-11-18(24-5)16-7-6-8-17(20)10-16/h6-10,18,21H,11H2,1-5H3. The maximum absolute atomic E-state index is 13.4. The second-order valence-electron chi connectivity index (χ2n) is 6.22. The molecule has 0 aliphatic rings. The van der Waals surface area contributed by atoms with E-state index in [1.807, 2.05) is 19.9 Å². The largest absolute Gasteiger partial charge is 0.375 e. The van der Waals surface area contributed by atoms with Gasteiger partial charge in [0.25, 0.3) is 0 Å². The molecule has 0 heterocycles. The molecule has 2 aromatic carbocycles. The Morgan fingerprint density at radius 3 is 2.20 bits per heavy atom. The Hall–Kier alpha value is -1.76. The van der Waals surface area contributed by atoms with Gasteiger partial charge in [0.2, 0.25) is 10.0 Å². The van der Waals surface area contributed by atoms with Gasteiger partial charge in [-0.15, -0.1) is 0 Å². The van der Waals surface area contributed by atoms with Gasteiger partial charge in [-0.05, 0) is 67.6 Å². The molecule has 1 unspecified atom stereocenters. The van der Waals surface area contributed by atoms with Crippen LogP contribution in [-0.4, -0.2) is 22.1 Å². The van der Waals surface area contributed by atoms with Gasteiger partial charge >= 0.3 is 0 Å². The van der Waals surface area contributed by atoms with Gasteiger partial charge in [-0.1, -0.05) is 18.2 Å². The van der Waals surface area contributed by atoms with Crippen LogP contribution in [0.15, 0.2) is 35.2 Å². The third-order valence-electron chi connectivity index (χ3n) is 4.53. The van der Waals surface area contributed by atoms with Crippen LogP contribution in [0.1, 0.15) is 33.9 Å². The van der Waals surface area contributed by atoms with E-state index in [0.29, 0.717) is 10.5 Å². The van der Waals surface area contributed by atoms with Crippen molar-refractivity contribution in [2.75, 3.05) is 13.7 Å². The number of aryl methyl sites for hydroxylation is 2. The molecule has 0 saturated heterocycles. The lowest BCUT2D eigenvalue weighted by molar-refractivity contribution is 0.107. The zero-order valence-electron chi connectivity index (χ0n) is 15.2. The van der Waals surface area contributed by atoms with E-state index in [4.69, 9.17) is 4.74 Å². The summed E-state index contributed by atoms with van der Waals surface area (Å²) in [6.45, 7) is 7.42. The Kier molecular flexibility index (Phi) is 5.98. The summed E-state index contributed by atoms with van der Waals surface area (Å²) in [6, 6.07) is 7.94. The van der Waals surface area contributed by atoms with Gasteiger partial charge in [0.1, 0.15) is 5.82 Å². The first-order valence-electron chi connectivity index (χ1n) is 8.02. The minimum Gasteiger partial charge on any atom is -0.375 e. The van der Waals surface area contributed by atoms with Gasteiger partial charge in [-0.25, -0.2) is 17.5 Å². The predicted molar refractivity (Wildman–Crippen MR) is 96.7 cm³/mol. The molecule has 1 atom stereocenters. The van der Waals surface area contributed by atoms with E-state index in [9.17, 15) is 12.8 Å². The lowest BCUT2D eigenvalue weighted by atomic mass is 10.0. The van der Waals surface area contributed by atoms with Crippen molar-refractivity contribution >= 4 is 10.0 Å². The van der Waals surface area contributed by atoms with Crippen molar-refractivity contribution in [1.29, 1.82) is 0 Å². The van der Waals surface area contributed by atoms with Crippen LogP contribution >= 0.6 is 0 Å². The molecular formula is C19H24FNO3S. The van der Waals surface area contributed by atoms with Gasteiger partial charge in [0.05, 0.1) is 11.0 Å². The molecule has 0 saturated carbocycles. The fourth-order valence-corrected chi connectivity index (χ4v) is 4.53. The number of sulfonamides is 1. The number of benzene rings is 2. The summed E-state index contributed by atoms with van der Waals surface area (Å²) in [5.74, 6) is -0.386. The Morgan fingerprint density at radius 1 is 1.08 bits per heavy atom. The van der Waals surface area contributed by atoms with Crippen LogP contribution in [-0.2, 0) is 14.8 Å². The van der Waals surface area contributed by atoms with Crippen LogP contribution in [0.2, 0.25) is 0 Å². The number of ether oxygens (including phenoxy) is 1. The van der Waals surface area contributed by atoms with Gasteiger partial charge in [-0.3, -0.25) is 0 Å². The van der Waals surface area contributed by atoms with Gasteiger partial charge in [-0.2, -0.15) is 0 Å². The van der Waals surface area contributed by atoms with Crippen LogP contribution in [0.5, 0.6) is 0 Å². The van der Waals surface area contributed by atoms with E-state index >= 15 is 0 Å². The highest BCUT2D eigenvalue weighted by Gasteiger charge is 2.23. The number of hydrogen-bond donors (Lipinski definition) is 1. The van der Waals surface area contributed by atoms with Crippen molar-refractivity contribution in [2.24, 2.45) is 0 Å². The maximum atomic E-state index is 13.4. The second-order valence-corrected chi connectivity index (χ2v) is 7.92. The normalized spacial score (nSPS) is 13.0. The van der Waals surface area contributed by atoms with Crippen LogP contribution < -0.4 is 4.72 Å². The Balaban J connectivity index is 2.30. The SMILES string of the molecule is COC(CNS(=O)(=O)c1c(C)c(C)cc(C)c1C)c1cccc(F)c1. The molecule has 136 valence electrons. The summed E-state index contributed by atoms with van der Waals surface area (Å²) in [5.41, 5.74) is 3.90. The molecular weight excluding hydrogens is 341 g/mol. The predicted octanol–water partition coefficient (Wildman–Crippen LogP) is 3.73. The summed E-state index contributed by atoms with van der Waals surface area (Å²) in [4.78, 5) is 0.305. The average molecular weight is 365 g/mol. The molecule has 25 heavy (non-hydrogen) atoms. The minimum atomic E-state index is -3.71. The average Bonchev–Trinajstić information content (AvgIpc) is 2.53. The molecule has 2 aromatic rings.